The van der Waals surface area contributed by atoms with E-state index in [1.165, 1.54) is 6.92 Å². The van der Waals surface area contributed by atoms with Gasteiger partial charge in [-0.3, -0.25) is 9.78 Å². The van der Waals surface area contributed by atoms with Gasteiger partial charge in [-0.25, -0.2) is 9.89 Å². The lowest BCUT2D eigenvalue weighted by Crippen LogP contribution is -2.28. The second kappa shape index (κ2) is 5.84. The monoisotopic (exact) mass is 334 g/mol. The minimum atomic E-state index is -4.58. The lowest BCUT2D eigenvalue weighted by Gasteiger charge is -2.13. The summed E-state index contributed by atoms with van der Waals surface area (Å²) in [6.07, 6.45) is -4.58. The van der Waals surface area contributed by atoms with Crippen molar-refractivity contribution in [2.24, 2.45) is 0 Å². The van der Waals surface area contributed by atoms with Crippen molar-refractivity contribution in [3.8, 4) is 0 Å². The topological polar surface area (TPSA) is 90.6 Å². The van der Waals surface area contributed by atoms with Crippen LogP contribution in [0.25, 0.3) is 0 Å². The minimum absolute atomic E-state index is 0.117. The van der Waals surface area contributed by atoms with E-state index in [1.54, 1.807) is 0 Å². The molecule has 1 unspecified atom stereocenters. The van der Waals surface area contributed by atoms with Crippen LogP contribution in [0.15, 0.2) is 23.0 Å². The molecule has 2 aromatic rings. The van der Waals surface area contributed by atoms with Crippen molar-refractivity contribution in [2.45, 2.75) is 19.1 Å². The van der Waals surface area contributed by atoms with Gasteiger partial charge in [-0.15, -0.1) is 0 Å². The summed E-state index contributed by atoms with van der Waals surface area (Å²) in [4.78, 5) is 25.3. The zero-order chi connectivity index (χ0) is 16.5. The molecule has 1 heterocycles. The van der Waals surface area contributed by atoms with E-state index in [0.717, 1.165) is 12.1 Å². The summed E-state index contributed by atoms with van der Waals surface area (Å²) in [5.74, 6) is -0.672. The number of H-pyrrole nitrogens is 2. The number of nitrogens with zero attached hydrogens (tertiary/aromatic N) is 1. The van der Waals surface area contributed by atoms with Gasteiger partial charge in [0.1, 0.15) is 0 Å². The highest BCUT2D eigenvalue weighted by Crippen LogP contribution is 2.31. The van der Waals surface area contributed by atoms with E-state index in [4.69, 9.17) is 11.6 Å². The van der Waals surface area contributed by atoms with Gasteiger partial charge < -0.3 is 5.32 Å². The number of nitrogens with one attached hydrogen (secondary N) is 3. The van der Waals surface area contributed by atoms with Crippen LogP contribution >= 0.6 is 11.6 Å². The predicted octanol–water partition coefficient (Wildman–Crippen LogP) is 2.26. The molecule has 0 radical (unpaired) electrons. The highest BCUT2D eigenvalue weighted by molar-refractivity contribution is 6.33. The first kappa shape index (κ1) is 16.1. The third kappa shape index (κ3) is 3.48. The Balaban J connectivity index is 2.24. The maximum atomic E-state index is 12.7. The maximum Gasteiger partial charge on any atom is 0.416 e. The van der Waals surface area contributed by atoms with Crippen molar-refractivity contribution in [3.05, 3.63) is 50.7 Å². The molecule has 6 nitrogen and oxygen atoms in total. The zero-order valence-corrected chi connectivity index (χ0v) is 11.8. The molecule has 1 atom stereocenters. The van der Waals surface area contributed by atoms with Gasteiger partial charge >= 0.3 is 11.9 Å². The average molecular weight is 335 g/mol. The summed E-state index contributed by atoms with van der Waals surface area (Å²) < 4.78 is 38.0. The molecule has 0 saturated carbocycles. The molecule has 1 amide bonds. The van der Waals surface area contributed by atoms with Gasteiger partial charge in [0.05, 0.1) is 22.2 Å². The van der Waals surface area contributed by atoms with Crippen molar-refractivity contribution in [3.63, 3.8) is 0 Å². The summed E-state index contributed by atoms with van der Waals surface area (Å²) >= 11 is 5.77. The first-order valence-corrected chi connectivity index (χ1v) is 6.38. The van der Waals surface area contributed by atoms with Crippen LogP contribution in [0.1, 0.15) is 34.7 Å². The quantitative estimate of drug-likeness (QED) is 0.804. The molecule has 0 bridgehead atoms. The molecule has 0 aliphatic carbocycles. The van der Waals surface area contributed by atoms with Gasteiger partial charge in [0, 0.05) is 0 Å². The van der Waals surface area contributed by atoms with Gasteiger partial charge in [-0.1, -0.05) is 11.6 Å². The molecule has 1 aromatic heterocycles. The van der Waals surface area contributed by atoms with Crippen molar-refractivity contribution in [2.75, 3.05) is 0 Å². The first-order chi connectivity index (χ1) is 10.2. The van der Waals surface area contributed by atoms with Gasteiger partial charge in [-0.2, -0.15) is 18.3 Å². The summed E-state index contributed by atoms with van der Waals surface area (Å²) in [5, 5.41) is 8.02. The van der Waals surface area contributed by atoms with Crippen molar-refractivity contribution in [1.82, 2.24) is 20.5 Å². The van der Waals surface area contributed by atoms with E-state index >= 15 is 0 Å². The van der Waals surface area contributed by atoms with Crippen LogP contribution in [0, 0.1) is 0 Å². The van der Waals surface area contributed by atoms with E-state index in [1.807, 2.05) is 0 Å². The molecule has 0 fully saturated rings. The van der Waals surface area contributed by atoms with Crippen LogP contribution in [0.2, 0.25) is 5.02 Å². The molecule has 0 saturated heterocycles. The van der Waals surface area contributed by atoms with Gasteiger partial charge in [0.25, 0.3) is 5.91 Å². The largest absolute Gasteiger partial charge is 0.416 e. The molecule has 0 aliphatic rings. The first-order valence-electron chi connectivity index (χ1n) is 6.00. The maximum absolute atomic E-state index is 12.7. The van der Waals surface area contributed by atoms with Gasteiger partial charge in [-0.05, 0) is 25.1 Å². The Bertz CT molecular complexity index is 753. The minimum Gasteiger partial charge on any atom is -0.342 e. The SMILES string of the molecule is CC(NC(=O)c1cc(C(F)(F)F)ccc1Cl)c1n[nH]c(=O)[nH]1. The second-order valence-electron chi connectivity index (χ2n) is 4.45. The number of aromatic nitrogens is 3. The number of benzene rings is 1. The third-order valence-corrected chi connectivity index (χ3v) is 3.15. The molecule has 22 heavy (non-hydrogen) atoms. The smallest absolute Gasteiger partial charge is 0.342 e. The van der Waals surface area contributed by atoms with Crippen molar-refractivity contribution in [1.29, 1.82) is 0 Å². The fourth-order valence-corrected chi connectivity index (χ4v) is 1.91. The average Bonchev–Trinajstić information content (AvgIpc) is 2.84. The number of aromatic amines is 2. The Morgan fingerprint density at radius 2 is 2.09 bits per heavy atom. The number of hydrogen-bond donors (Lipinski definition) is 3. The summed E-state index contributed by atoms with van der Waals surface area (Å²) in [5.41, 5.74) is -1.86. The Kier molecular flexibility index (Phi) is 4.27. The second-order valence-corrected chi connectivity index (χ2v) is 4.86. The molecule has 118 valence electrons. The summed E-state index contributed by atoms with van der Waals surface area (Å²) in [7, 11) is 0. The molecular weight excluding hydrogens is 325 g/mol. The highest BCUT2D eigenvalue weighted by atomic mass is 35.5. The molecule has 0 spiro atoms. The van der Waals surface area contributed by atoms with Crippen molar-refractivity contribution < 1.29 is 18.0 Å². The summed E-state index contributed by atoms with van der Waals surface area (Å²) in [6, 6.07) is 1.73. The molecular formula is C12H10ClF3N4O2. The molecule has 10 heteroatoms. The van der Waals surface area contributed by atoms with Gasteiger partial charge in [0.15, 0.2) is 5.82 Å². The number of carbonyl (C=O) groups excluding carboxylic acids is 1. The van der Waals surface area contributed by atoms with Crippen LogP contribution in [0.3, 0.4) is 0 Å². The van der Waals surface area contributed by atoms with E-state index in [9.17, 15) is 22.8 Å². The van der Waals surface area contributed by atoms with Crippen LogP contribution in [-0.4, -0.2) is 21.1 Å². The number of halogens is 4. The number of hydrogen-bond acceptors (Lipinski definition) is 3. The fraction of sp³-hybridized carbons (Fsp3) is 0.250. The van der Waals surface area contributed by atoms with Crippen LogP contribution in [0.5, 0.6) is 0 Å². The molecule has 0 aliphatic heterocycles. The molecule has 3 N–H and O–H groups in total. The fourth-order valence-electron chi connectivity index (χ4n) is 1.71. The number of alkyl halides is 3. The van der Waals surface area contributed by atoms with E-state index in [0.29, 0.717) is 6.07 Å². The third-order valence-electron chi connectivity index (χ3n) is 2.82. The van der Waals surface area contributed by atoms with Crippen LogP contribution in [0.4, 0.5) is 13.2 Å². The Labute approximate surface area is 126 Å². The van der Waals surface area contributed by atoms with Crippen LogP contribution in [-0.2, 0) is 6.18 Å². The summed E-state index contributed by atoms with van der Waals surface area (Å²) in [6.45, 7) is 1.51. The zero-order valence-electron chi connectivity index (χ0n) is 11.1. The Hall–Kier alpha value is -2.29. The van der Waals surface area contributed by atoms with E-state index < -0.39 is 29.4 Å². The number of rotatable bonds is 3. The standard InChI is InChI=1S/C12H10ClF3N4O2/c1-5(9-18-11(22)20-19-9)17-10(21)7-4-6(12(14,15)16)2-3-8(7)13/h2-5H,1H3,(H,17,21)(H2,18,19,20,22). The molecule has 2 rings (SSSR count). The normalized spacial score (nSPS) is 13.0. The van der Waals surface area contributed by atoms with Crippen molar-refractivity contribution >= 4 is 17.5 Å². The number of amides is 1. The molecule has 1 aromatic carbocycles. The Morgan fingerprint density at radius 1 is 1.41 bits per heavy atom. The van der Waals surface area contributed by atoms with Crippen LogP contribution < -0.4 is 11.0 Å². The Morgan fingerprint density at radius 3 is 2.64 bits per heavy atom. The van der Waals surface area contributed by atoms with E-state index in [-0.39, 0.29) is 16.4 Å². The lowest BCUT2D eigenvalue weighted by molar-refractivity contribution is -0.137. The van der Waals surface area contributed by atoms with Gasteiger partial charge in [0.2, 0.25) is 0 Å². The highest BCUT2D eigenvalue weighted by Gasteiger charge is 2.31. The predicted molar refractivity (Wildman–Crippen MR) is 71.5 cm³/mol. The lowest BCUT2D eigenvalue weighted by atomic mass is 10.1. The number of carbonyl (C=O) groups is 1. The van der Waals surface area contributed by atoms with E-state index in [2.05, 4.69) is 20.5 Å².